The van der Waals surface area contributed by atoms with Crippen molar-refractivity contribution in [2.75, 3.05) is 20.2 Å². The van der Waals surface area contributed by atoms with E-state index in [1.165, 1.54) is 7.05 Å². The van der Waals surface area contributed by atoms with Crippen LogP contribution >= 0.6 is 0 Å². The Labute approximate surface area is 247 Å². The molecule has 4 aliphatic rings. The predicted molar refractivity (Wildman–Crippen MR) is 142 cm³/mol. The van der Waals surface area contributed by atoms with Crippen LogP contribution in [0.3, 0.4) is 0 Å². The maximum atomic E-state index is 12.1. The Bertz CT molecular complexity index is 925. The van der Waals surface area contributed by atoms with Crippen LogP contribution in [0.5, 0.6) is 0 Å². The molecular formula is C24H46N6O13. The van der Waals surface area contributed by atoms with E-state index in [2.05, 4.69) is 10.6 Å². The highest BCUT2D eigenvalue weighted by atomic mass is 16.8. The molecule has 11 unspecified atom stereocenters. The standard InChI is InChI=1S/C24H46N6O13/c1-29-13-16(35)20-10(3-8(28)22(42-20)41-19-7(27)2-6(26)14(33)17(19)36)39-23(13)43-24-18(37)15(34)12(11(5-31)40-24)30-21(38)9(32)4-25/h6-20,22-24,29,31-37H,2-5,25-28H2,1H3,(H,30,38)/t6-,7?,8?,9+,10+,11?,12-,13?,14?,15?,16?,17?,18?,19-,20?,22+,23?,24-/m1/s1. The van der Waals surface area contributed by atoms with E-state index in [1.54, 1.807) is 0 Å². The van der Waals surface area contributed by atoms with Crippen LogP contribution in [0.1, 0.15) is 12.8 Å². The van der Waals surface area contributed by atoms with Gasteiger partial charge in [-0.2, -0.15) is 0 Å². The summed E-state index contributed by atoms with van der Waals surface area (Å²) >= 11 is 0. The lowest BCUT2D eigenvalue weighted by atomic mass is 9.84. The second-order valence-electron chi connectivity index (χ2n) is 11.5. The molecule has 0 aromatic rings. The lowest BCUT2D eigenvalue weighted by molar-refractivity contribution is -0.373. The Balaban J connectivity index is 1.42. The molecule has 1 amide bonds. The van der Waals surface area contributed by atoms with Crippen molar-refractivity contribution in [3.05, 3.63) is 0 Å². The second-order valence-corrected chi connectivity index (χ2v) is 11.5. The van der Waals surface area contributed by atoms with Crippen molar-refractivity contribution in [3.63, 3.8) is 0 Å². The number of rotatable bonds is 9. The lowest BCUT2D eigenvalue weighted by Crippen LogP contribution is -2.70. The number of aliphatic hydroxyl groups excluding tert-OH is 7. The first-order chi connectivity index (χ1) is 20.3. The minimum atomic E-state index is -1.75. The molecule has 17 N–H and O–H groups in total. The van der Waals surface area contributed by atoms with Gasteiger partial charge in [0.2, 0.25) is 0 Å². The zero-order valence-electron chi connectivity index (χ0n) is 23.6. The number of carbonyl (C=O) groups is 1. The Morgan fingerprint density at radius 1 is 0.837 bits per heavy atom. The summed E-state index contributed by atoms with van der Waals surface area (Å²) in [5, 5.41) is 78.0. The van der Waals surface area contributed by atoms with Crippen LogP contribution in [-0.4, -0.2) is 172 Å². The summed E-state index contributed by atoms with van der Waals surface area (Å²) in [5.41, 5.74) is 23.5. The number of hydrogen-bond acceptors (Lipinski definition) is 18. The molecule has 18 atom stereocenters. The maximum absolute atomic E-state index is 12.1. The summed E-state index contributed by atoms with van der Waals surface area (Å²) in [6.45, 7) is -1.09. The summed E-state index contributed by atoms with van der Waals surface area (Å²) in [4.78, 5) is 12.1. The molecule has 0 radical (unpaired) electrons. The molecule has 0 bridgehead atoms. The van der Waals surface area contributed by atoms with Gasteiger partial charge in [-0.3, -0.25) is 4.79 Å². The van der Waals surface area contributed by atoms with E-state index in [0.717, 1.165) is 0 Å². The second kappa shape index (κ2) is 14.5. The van der Waals surface area contributed by atoms with Crippen LogP contribution in [0.4, 0.5) is 0 Å². The molecule has 4 fully saturated rings. The van der Waals surface area contributed by atoms with Gasteiger partial charge in [-0.15, -0.1) is 0 Å². The van der Waals surface area contributed by atoms with Crippen LogP contribution in [0, 0.1) is 0 Å². The van der Waals surface area contributed by atoms with E-state index in [-0.39, 0.29) is 12.8 Å². The molecule has 3 aliphatic heterocycles. The minimum absolute atomic E-state index is 0.0936. The average molecular weight is 627 g/mol. The SMILES string of the molecule is CNC1C(O[C@H]2OC(CO)[C@@H](NC(=O)[C@@H](O)CN)C(O)C2O)O[C@H]2CC(N)[C@@H](O[C@@H]3C(N)C[C@@H](N)C(O)C3O)OC2C1O. The maximum Gasteiger partial charge on any atom is 0.250 e. The van der Waals surface area contributed by atoms with E-state index < -0.39 is 129 Å². The van der Waals surface area contributed by atoms with Crippen LogP contribution in [-0.2, 0) is 28.5 Å². The molecule has 19 nitrogen and oxygen atoms in total. The molecule has 0 spiro atoms. The van der Waals surface area contributed by atoms with Crippen LogP contribution in [0.15, 0.2) is 0 Å². The van der Waals surface area contributed by atoms with Gasteiger partial charge in [0.1, 0.15) is 48.8 Å². The van der Waals surface area contributed by atoms with Crippen molar-refractivity contribution < 1.29 is 64.2 Å². The molecule has 0 aromatic carbocycles. The van der Waals surface area contributed by atoms with Crippen molar-refractivity contribution in [2.24, 2.45) is 22.9 Å². The van der Waals surface area contributed by atoms with E-state index in [0.29, 0.717) is 0 Å². The molecule has 3 saturated heterocycles. The number of likely N-dealkylation sites (N-methyl/N-ethyl adjacent to an activating group) is 1. The third-order valence-corrected chi connectivity index (χ3v) is 8.52. The number of hydrogen-bond donors (Lipinski definition) is 13. The fourth-order valence-electron chi connectivity index (χ4n) is 5.97. The number of fused-ring (bicyclic) bond motifs is 1. The molecule has 0 aromatic heterocycles. The van der Waals surface area contributed by atoms with Gasteiger partial charge in [0.05, 0.1) is 36.9 Å². The number of carbonyl (C=O) groups excluding carboxylic acids is 1. The van der Waals surface area contributed by atoms with Crippen molar-refractivity contribution in [3.8, 4) is 0 Å². The zero-order chi connectivity index (χ0) is 31.7. The fraction of sp³-hybridized carbons (Fsp3) is 0.958. The van der Waals surface area contributed by atoms with Gasteiger partial charge < -0.3 is 93.0 Å². The third kappa shape index (κ3) is 7.13. The Morgan fingerprint density at radius 2 is 1.53 bits per heavy atom. The monoisotopic (exact) mass is 626 g/mol. The molecule has 43 heavy (non-hydrogen) atoms. The summed E-state index contributed by atoms with van der Waals surface area (Å²) in [6.07, 6.45) is -16.8. The Morgan fingerprint density at radius 3 is 2.16 bits per heavy atom. The van der Waals surface area contributed by atoms with Crippen LogP contribution in [0.2, 0.25) is 0 Å². The molecule has 3 heterocycles. The van der Waals surface area contributed by atoms with E-state index in [1.807, 2.05) is 0 Å². The summed E-state index contributed by atoms with van der Waals surface area (Å²) < 4.78 is 29.4. The number of aliphatic hydroxyl groups is 7. The third-order valence-electron chi connectivity index (χ3n) is 8.52. The van der Waals surface area contributed by atoms with E-state index >= 15 is 0 Å². The van der Waals surface area contributed by atoms with Gasteiger partial charge in [-0.05, 0) is 19.9 Å². The van der Waals surface area contributed by atoms with Gasteiger partial charge in [-0.25, -0.2) is 0 Å². The fourth-order valence-corrected chi connectivity index (χ4v) is 5.97. The van der Waals surface area contributed by atoms with E-state index in [9.17, 15) is 40.5 Å². The van der Waals surface area contributed by atoms with Crippen molar-refractivity contribution in [1.29, 1.82) is 0 Å². The van der Waals surface area contributed by atoms with Crippen molar-refractivity contribution in [1.82, 2.24) is 10.6 Å². The van der Waals surface area contributed by atoms with Gasteiger partial charge in [-0.1, -0.05) is 0 Å². The summed E-state index contributed by atoms with van der Waals surface area (Å²) in [5.74, 6) is -0.934. The first kappa shape index (κ1) is 34.7. The van der Waals surface area contributed by atoms with Gasteiger partial charge in [0, 0.05) is 18.6 Å². The molecule has 19 heteroatoms. The predicted octanol–water partition coefficient (Wildman–Crippen LogP) is -8.47. The molecular weight excluding hydrogens is 580 g/mol. The minimum Gasteiger partial charge on any atom is -0.394 e. The van der Waals surface area contributed by atoms with Gasteiger partial charge in [0.25, 0.3) is 5.91 Å². The average Bonchev–Trinajstić information content (AvgIpc) is 2.97. The highest BCUT2D eigenvalue weighted by Gasteiger charge is 2.54. The van der Waals surface area contributed by atoms with E-state index in [4.69, 9.17) is 46.6 Å². The zero-order valence-corrected chi connectivity index (χ0v) is 23.6. The summed E-state index contributed by atoms with van der Waals surface area (Å²) in [7, 11) is 1.51. The van der Waals surface area contributed by atoms with Gasteiger partial charge >= 0.3 is 0 Å². The van der Waals surface area contributed by atoms with Crippen molar-refractivity contribution in [2.45, 2.75) is 123 Å². The Hall–Kier alpha value is -1.21. The molecule has 4 rings (SSSR count). The quantitative estimate of drug-likeness (QED) is 0.113. The first-order valence-corrected chi connectivity index (χ1v) is 14.2. The highest BCUT2D eigenvalue weighted by molar-refractivity contribution is 5.81. The number of amides is 1. The Kier molecular flexibility index (Phi) is 11.7. The van der Waals surface area contributed by atoms with Gasteiger partial charge in [0.15, 0.2) is 18.9 Å². The smallest absolute Gasteiger partial charge is 0.250 e. The van der Waals surface area contributed by atoms with Crippen LogP contribution in [0.25, 0.3) is 0 Å². The molecule has 250 valence electrons. The molecule has 1 saturated carbocycles. The topological polar surface area (TPSA) is 333 Å². The number of ether oxygens (including phenoxy) is 5. The normalized spacial score (nSPS) is 49.6. The first-order valence-electron chi connectivity index (χ1n) is 14.2. The molecule has 1 aliphatic carbocycles. The highest BCUT2D eigenvalue weighted by Crippen LogP contribution is 2.35. The summed E-state index contributed by atoms with van der Waals surface area (Å²) in [6, 6.07) is -4.55. The largest absolute Gasteiger partial charge is 0.394 e. The number of nitrogens with two attached hydrogens (primary N) is 4. The van der Waals surface area contributed by atoms with Crippen LogP contribution < -0.4 is 33.6 Å². The van der Waals surface area contributed by atoms with Crippen molar-refractivity contribution >= 4 is 5.91 Å². The number of nitrogens with one attached hydrogen (secondary N) is 2. The lowest BCUT2D eigenvalue weighted by Gasteiger charge is -2.51.